The number of fused-ring (bicyclic) bond motifs is 1. The minimum Gasteiger partial charge on any atom is -0.496 e. The summed E-state index contributed by atoms with van der Waals surface area (Å²) in [6.07, 6.45) is 5.49. The molecule has 0 unspecified atom stereocenters. The molecule has 0 radical (unpaired) electrons. The van der Waals surface area contributed by atoms with E-state index in [0.717, 1.165) is 25.7 Å². The summed E-state index contributed by atoms with van der Waals surface area (Å²) in [5.41, 5.74) is 1.95. The lowest BCUT2D eigenvalue weighted by atomic mass is 9.95. The summed E-state index contributed by atoms with van der Waals surface area (Å²) in [7, 11) is -0.839. The summed E-state index contributed by atoms with van der Waals surface area (Å²) in [4.78, 5) is 20.6. The Morgan fingerprint density at radius 2 is 1.97 bits per heavy atom. The lowest BCUT2D eigenvalue weighted by molar-refractivity contribution is 0.336. The van der Waals surface area contributed by atoms with Crippen LogP contribution < -0.4 is 15.0 Å². The monoisotopic (exact) mass is 431 g/mol. The number of H-pyrrole nitrogens is 1. The van der Waals surface area contributed by atoms with E-state index in [-0.39, 0.29) is 16.5 Å². The Kier molecular flexibility index (Phi) is 5.37. The predicted molar refractivity (Wildman–Crippen MR) is 113 cm³/mol. The van der Waals surface area contributed by atoms with Crippen LogP contribution in [0.2, 0.25) is 0 Å². The minimum absolute atomic E-state index is 0.0651. The van der Waals surface area contributed by atoms with Crippen LogP contribution in [-0.2, 0) is 10.0 Å². The highest BCUT2D eigenvalue weighted by atomic mass is 32.2. The molecule has 2 heterocycles. The van der Waals surface area contributed by atoms with Crippen LogP contribution in [0.25, 0.3) is 22.4 Å². The van der Waals surface area contributed by atoms with E-state index in [4.69, 9.17) is 4.74 Å². The third kappa shape index (κ3) is 3.50. The van der Waals surface area contributed by atoms with Crippen molar-refractivity contribution in [3.05, 3.63) is 34.2 Å². The molecule has 160 valence electrons. The Hall–Kier alpha value is -2.72. The lowest BCUT2D eigenvalue weighted by Gasteiger charge is -2.22. The molecule has 0 aliphatic heterocycles. The van der Waals surface area contributed by atoms with E-state index in [1.165, 1.54) is 32.7 Å². The van der Waals surface area contributed by atoms with Crippen molar-refractivity contribution in [2.75, 3.05) is 14.2 Å². The first-order chi connectivity index (χ1) is 14.4. The number of aromatic nitrogens is 4. The fourth-order valence-electron chi connectivity index (χ4n) is 4.06. The molecule has 2 aromatic heterocycles. The predicted octanol–water partition coefficient (Wildman–Crippen LogP) is 2.52. The molecule has 10 heteroatoms. The summed E-state index contributed by atoms with van der Waals surface area (Å²) in [6.45, 7) is 1.84. The van der Waals surface area contributed by atoms with Crippen LogP contribution in [0.15, 0.2) is 27.9 Å². The van der Waals surface area contributed by atoms with Crippen molar-refractivity contribution in [3.8, 4) is 17.1 Å². The first kappa shape index (κ1) is 20.5. The average Bonchev–Trinajstić information content (AvgIpc) is 3.11. The number of rotatable bonds is 5. The second-order valence-corrected chi connectivity index (χ2v) is 9.39. The van der Waals surface area contributed by atoms with Crippen LogP contribution in [0.1, 0.15) is 43.8 Å². The summed E-state index contributed by atoms with van der Waals surface area (Å²) in [5.74, 6) is 0.607. The SMILES string of the molecule is CNS(=O)(=O)c1ccc(-c2nc3c(C)nn(C4CCCCC4)c3c(=O)[nH]2)c(OC)c1. The standard InChI is InChI=1S/C20H25N5O4S/c1-12-17-18(25(24-12)13-7-5-4-6-8-13)20(26)23-19(22-17)15-10-9-14(11-16(15)29-3)30(27,28)21-2/h9-11,13,21H,4-8H2,1-3H3,(H,22,23,26). The number of hydrogen-bond donors (Lipinski definition) is 2. The summed E-state index contributed by atoms with van der Waals surface area (Å²) >= 11 is 0. The van der Waals surface area contributed by atoms with Crippen molar-refractivity contribution >= 4 is 21.1 Å². The van der Waals surface area contributed by atoms with Crippen LogP contribution in [0.3, 0.4) is 0 Å². The van der Waals surface area contributed by atoms with Crippen molar-refractivity contribution in [3.63, 3.8) is 0 Å². The van der Waals surface area contributed by atoms with Crippen LogP contribution in [0, 0.1) is 6.92 Å². The molecule has 0 bridgehead atoms. The average molecular weight is 432 g/mol. The molecule has 0 amide bonds. The maximum Gasteiger partial charge on any atom is 0.277 e. The maximum absolute atomic E-state index is 13.0. The highest BCUT2D eigenvalue weighted by Crippen LogP contribution is 2.32. The van der Waals surface area contributed by atoms with Gasteiger partial charge in [0.15, 0.2) is 5.52 Å². The zero-order chi connectivity index (χ0) is 21.5. The number of benzene rings is 1. The van der Waals surface area contributed by atoms with Gasteiger partial charge in [-0.3, -0.25) is 9.48 Å². The normalized spacial score (nSPS) is 15.6. The largest absolute Gasteiger partial charge is 0.496 e. The molecule has 1 aliphatic rings. The number of aromatic amines is 1. The molecule has 1 aromatic carbocycles. The van der Waals surface area contributed by atoms with E-state index < -0.39 is 10.0 Å². The fourth-order valence-corrected chi connectivity index (χ4v) is 4.81. The number of nitrogens with one attached hydrogen (secondary N) is 2. The number of aryl methyl sites for hydroxylation is 1. The third-order valence-corrected chi connectivity index (χ3v) is 7.06. The Morgan fingerprint density at radius 1 is 1.23 bits per heavy atom. The maximum atomic E-state index is 13.0. The smallest absolute Gasteiger partial charge is 0.277 e. The third-order valence-electron chi connectivity index (χ3n) is 5.65. The Labute approximate surface area is 174 Å². The Balaban J connectivity index is 1.85. The highest BCUT2D eigenvalue weighted by molar-refractivity contribution is 7.89. The topological polar surface area (TPSA) is 119 Å². The van der Waals surface area contributed by atoms with Gasteiger partial charge in [0.25, 0.3) is 5.56 Å². The van der Waals surface area contributed by atoms with Gasteiger partial charge < -0.3 is 9.72 Å². The van der Waals surface area contributed by atoms with Gasteiger partial charge in [-0.05, 0) is 38.9 Å². The summed E-state index contributed by atoms with van der Waals surface area (Å²) < 4.78 is 33.7. The second kappa shape index (κ2) is 7.84. The fraction of sp³-hybridized carbons (Fsp3) is 0.450. The quantitative estimate of drug-likeness (QED) is 0.641. The zero-order valence-corrected chi connectivity index (χ0v) is 18.0. The van der Waals surface area contributed by atoms with Gasteiger partial charge in [-0.1, -0.05) is 19.3 Å². The molecule has 3 aromatic rings. The molecule has 30 heavy (non-hydrogen) atoms. The zero-order valence-electron chi connectivity index (χ0n) is 17.2. The molecule has 0 spiro atoms. The number of methoxy groups -OCH3 is 1. The minimum atomic E-state index is -3.62. The van der Waals surface area contributed by atoms with E-state index in [1.54, 1.807) is 6.07 Å². The molecule has 0 saturated heterocycles. The molecule has 1 aliphatic carbocycles. The molecular weight excluding hydrogens is 406 g/mol. The van der Waals surface area contributed by atoms with Crippen LogP contribution >= 0.6 is 0 Å². The van der Waals surface area contributed by atoms with E-state index in [0.29, 0.717) is 33.9 Å². The first-order valence-electron chi connectivity index (χ1n) is 9.97. The molecule has 4 rings (SSSR count). The van der Waals surface area contributed by atoms with E-state index >= 15 is 0 Å². The van der Waals surface area contributed by atoms with Crippen molar-refractivity contribution in [2.45, 2.75) is 50.0 Å². The Bertz CT molecular complexity index is 1260. The van der Waals surface area contributed by atoms with Gasteiger partial charge in [-0.15, -0.1) is 0 Å². The number of sulfonamides is 1. The van der Waals surface area contributed by atoms with Gasteiger partial charge in [-0.2, -0.15) is 5.10 Å². The van der Waals surface area contributed by atoms with Crippen molar-refractivity contribution in [1.82, 2.24) is 24.5 Å². The number of nitrogens with zero attached hydrogens (tertiary/aromatic N) is 3. The summed E-state index contributed by atoms with van der Waals surface area (Å²) in [5, 5.41) is 4.62. The number of hydrogen-bond acceptors (Lipinski definition) is 6. The van der Waals surface area contributed by atoms with Gasteiger partial charge in [-0.25, -0.2) is 18.1 Å². The van der Waals surface area contributed by atoms with E-state index in [9.17, 15) is 13.2 Å². The van der Waals surface area contributed by atoms with Crippen LogP contribution in [-0.4, -0.2) is 42.3 Å². The van der Waals surface area contributed by atoms with Gasteiger partial charge in [0.2, 0.25) is 10.0 Å². The molecule has 9 nitrogen and oxygen atoms in total. The van der Waals surface area contributed by atoms with E-state index in [2.05, 4.69) is 19.8 Å². The van der Waals surface area contributed by atoms with Crippen molar-refractivity contribution < 1.29 is 13.2 Å². The van der Waals surface area contributed by atoms with Gasteiger partial charge in [0.05, 0.1) is 29.3 Å². The second-order valence-electron chi connectivity index (χ2n) is 7.50. The highest BCUT2D eigenvalue weighted by Gasteiger charge is 2.23. The Morgan fingerprint density at radius 3 is 2.63 bits per heavy atom. The van der Waals surface area contributed by atoms with Gasteiger partial charge >= 0.3 is 0 Å². The molecule has 2 N–H and O–H groups in total. The lowest BCUT2D eigenvalue weighted by Crippen LogP contribution is -2.20. The number of ether oxygens (including phenoxy) is 1. The van der Waals surface area contributed by atoms with Crippen LogP contribution in [0.4, 0.5) is 0 Å². The van der Waals surface area contributed by atoms with Crippen molar-refractivity contribution in [2.24, 2.45) is 0 Å². The van der Waals surface area contributed by atoms with Crippen LogP contribution in [0.5, 0.6) is 5.75 Å². The molecule has 0 atom stereocenters. The molecular formula is C20H25N5O4S. The van der Waals surface area contributed by atoms with Gasteiger partial charge in [0, 0.05) is 6.07 Å². The first-order valence-corrected chi connectivity index (χ1v) is 11.4. The molecule has 1 fully saturated rings. The van der Waals surface area contributed by atoms with E-state index in [1.807, 2.05) is 11.6 Å². The van der Waals surface area contributed by atoms with Crippen molar-refractivity contribution in [1.29, 1.82) is 0 Å². The van der Waals surface area contributed by atoms with Gasteiger partial charge in [0.1, 0.15) is 17.1 Å². The summed E-state index contributed by atoms with van der Waals surface area (Å²) in [6, 6.07) is 4.65. The molecule has 1 saturated carbocycles.